The second-order valence-corrected chi connectivity index (χ2v) is 3.14. The Labute approximate surface area is 227 Å². The third-order valence-corrected chi connectivity index (χ3v) is 0.926. The predicted octanol–water partition coefficient (Wildman–Crippen LogP) is -3.29. The molecule has 200 valence electrons. The van der Waals surface area contributed by atoms with Gasteiger partial charge in [-0.1, -0.05) is 0 Å². The van der Waals surface area contributed by atoms with Crippen molar-refractivity contribution in [3.63, 3.8) is 0 Å². The van der Waals surface area contributed by atoms with Crippen LogP contribution in [0.15, 0.2) is 0 Å². The van der Waals surface area contributed by atoms with Gasteiger partial charge in [0.15, 0.2) is 0 Å². The number of rotatable bonds is 0. The summed E-state index contributed by atoms with van der Waals surface area (Å²) in [6.07, 6.45) is -20.8. The minimum Gasteiger partial charge on any atom is -2.00 e. The molecule has 0 N–H and O–H groups in total. The Morgan fingerprint density at radius 1 is 0.343 bits per heavy atom. The largest absolute Gasteiger partial charge is 4.00 e. The normalized spacial score (nSPS) is 9.03. The maximum Gasteiger partial charge on any atom is 4.00 e. The molecule has 0 radical (unpaired) electrons. The van der Waals surface area contributed by atoms with Crippen molar-refractivity contribution < 1.29 is 179 Å². The Bertz CT molecular complexity index is 451. The zero-order valence-electron chi connectivity index (χ0n) is 14.9. The molecule has 0 rings (SSSR count). The fraction of sp³-hybridized carbons (Fsp3) is 0.500. The average Bonchev–Trinajstić information content (AvgIpc) is 2.35. The van der Waals surface area contributed by atoms with Crippen LogP contribution in [-0.4, -0.2) is 48.6 Å². The van der Waals surface area contributed by atoms with Gasteiger partial charge in [0, 0.05) is 0 Å². The second kappa shape index (κ2) is 27.6. The molecular weight excluding hydrogens is 660 g/mol. The third kappa shape index (κ3) is 60.0. The van der Waals surface area contributed by atoms with E-state index in [2.05, 4.69) is 0 Å². The predicted molar refractivity (Wildman–Crippen MR) is 47.0 cm³/mol. The number of hydrogen-bond donors (Lipinski definition) is 0. The van der Waals surface area contributed by atoms with Crippen molar-refractivity contribution in [2.45, 2.75) is 24.7 Å². The first-order valence-electron chi connectivity index (χ1n) is 4.90. The van der Waals surface area contributed by atoms with Gasteiger partial charge in [0.25, 0.3) is 0 Å². The van der Waals surface area contributed by atoms with Gasteiger partial charge in [-0.05, 0) is 0 Å². The van der Waals surface area contributed by atoms with E-state index in [0.29, 0.717) is 0 Å². The van der Waals surface area contributed by atoms with Crippen molar-refractivity contribution in [2.75, 3.05) is 0 Å². The summed E-state index contributed by atoms with van der Waals surface area (Å²) >= 11 is 0. The monoisotopic (exact) mass is 660 g/mol. The Kier molecular flexibility index (Phi) is 55.2. The van der Waals surface area contributed by atoms with E-state index >= 15 is 0 Å². The molecule has 0 saturated heterocycles. The summed E-state index contributed by atoms with van der Waals surface area (Å²) in [7, 11) is 0. The van der Waals surface area contributed by atoms with Crippen molar-refractivity contribution in [3.05, 3.63) is 0 Å². The van der Waals surface area contributed by atoms with Crippen LogP contribution in [0.2, 0.25) is 0 Å². The van der Waals surface area contributed by atoms with E-state index in [1.165, 1.54) is 0 Å². The molecule has 0 aromatic rings. The number of carboxylic acids is 4. The van der Waals surface area contributed by atoms with Crippen LogP contribution in [0.1, 0.15) is 0 Å². The molecule has 0 unspecified atom stereocenters. The summed E-state index contributed by atoms with van der Waals surface area (Å²) in [5.41, 5.74) is 0. The van der Waals surface area contributed by atoms with E-state index in [1.807, 2.05) is 0 Å². The summed E-state index contributed by atoms with van der Waals surface area (Å²) in [6, 6.07) is 0. The van der Waals surface area contributed by atoms with Gasteiger partial charge in [-0.25, -0.2) is 0 Å². The van der Waals surface area contributed by atoms with E-state index in [1.54, 1.807) is 0 Å². The maximum atomic E-state index is 10.5. The summed E-state index contributed by atoms with van der Waals surface area (Å²) in [5.74, 6) is -12.0. The number of hydrogen-bond acceptors (Lipinski definition) is 8. The van der Waals surface area contributed by atoms with Gasteiger partial charge in [-0.3, -0.25) is 0 Å². The van der Waals surface area contributed by atoms with Gasteiger partial charge in [-0.15, -0.1) is 0 Å². The van der Waals surface area contributed by atoms with E-state index in [4.69, 9.17) is 39.6 Å². The smallest absolute Gasteiger partial charge is 2.00 e. The molecule has 0 amide bonds. The number of carbonyl (C=O) groups is 4. The van der Waals surface area contributed by atoms with Gasteiger partial charge in [0.2, 0.25) is 0 Å². The van der Waals surface area contributed by atoms with Crippen LogP contribution in [0, 0.1) is 0 Å². The first-order valence-corrected chi connectivity index (χ1v) is 4.90. The van der Waals surface area contributed by atoms with E-state index in [0.717, 1.165) is 0 Å². The van der Waals surface area contributed by atoms with Crippen molar-refractivity contribution >= 4 is 23.9 Å². The Balaban J connectivity index is -0.0000000229. The molecule has 0 aliphatic rings. The molecule has 27 heteroatoms. The van der Waals surface area contributed by atoms with Crippen molar-refractivity contribution in [3.8, 4) is 0 Å². The van der Waals surface area contributed by atoms with Crippen molar-refractivity contribution in [1.82, 2.24) is 0 Å². The SMILES string of the molecule is O=C([O-])C(F)(F)F.O=C([O-])C(F)(F)F.O=C([O-])C(F)(F)F.O=C([O-])C(F)(F)F.[O-2].[O-2].[O-2].[O-2].[Ti+4].[Ti+4].[Ti+4]. The van der Waals surface area contributed by atoms with Gasteiger partial charge >= 0.3 is 89.9 Å². The summed E-state index contributed by atoms with van der Waals surface area (Å²) in [4.78, 5) is 35.1. The molecule has 35 heavy (non-hydrogen) atoms. The second-order valence-electron chi connectivity index (χ2n) is 3.14. The molecule has 0 saturated carbocycles. The van der Waals surface area contributed by atoms with Gasteiger partial charge in [0.1, 0.15) is 23.9 Å². The van der Waals surface area contributed by atoms with Crippen LogP contribution in [0.4, 0.5) is 52.7 Å². The number of carboxylic acid groups (broad SMARTS) is 4. The molecule has 0 aliphatic carbocycles. The van der Waals surface area contributed by atoms with E-state index < -0.39 is 48.6 Å². The number of alkyl halides is 12. The zero-order chi connectivity index (χ0) is 24.3. The van der Waals surface area contributed by atoms with Crippen LogP contribution < -0.4 is 20.4 Å². The van der Waals surface area contributed by atoms with Crippen LogP contribution in [0.5, 0.6) is 0 Å². The van der Waals surface area contributed by atoms with E-state index in [-0.39, 0.29) is 87.1 Å². The molecule has 0 spiro atoms. The molecule has 0 atom stereocenters. The first kappa shape index (κ1) is 70.0. The molecule has 0 heterocycles. The zero-order valence-corrected chi connectivity index (χ0v) is 19.6. The molecule has 0 bridgehead atoms. The standard InChI is InChI=1S/4C2HF3O2.4O.3Ti/c4*3-2(4,5)1(6)7;;;;;;;/h4*(H,6,7);;;;;;;/q;;;;4*-2;3*+4/p-4. The first-order chi connectivity index (χ1) is 11.8. The fourth-order valence-corrected chi connectivity index (χ4v) is 0. The molecule has 12 nitrogen and oxygen atoms in total. The number of halogens is 12. The molecule has 0 aromatic carbocycles. The van der Waals surface area contributed by atoms with Gasteiger partial charge in [-0.2, -0.15) is 52.7 Å². The Morgan fingerprint density at radius 3 is 0.371 bits per heavy atom. The van der Waals surface area contributed by atoms with Crippen molar-refractivity contribution in [2.24, 2.45) is 0 Å². The molecule has 0 fully saturated rings. The van der Waals surface area contributed by atoms with Crippen LogP contribution in [0.3, 0.4) is 0 Å². The topological polar surface area (TPSA) is 275 Å². The summed E-state index contributed by atoms with van der Waals surface area (Å²) < 4.78 is 126. The van der Waals surface area contributed by atoms with Gasteiger partial charge < -0.3 is 61.5 Å². The summed E-state index contributed by atoms with van der Waals surface area (Å²) in [6.45, 7) is 0. The van der Waals surface area contributed by atoms with Crippen LogP contribution >= 0.6 is 0 Å². The van der Waals surface area contributed by atoms with E-state index in [9.17, 15) is 52.7 Å². The Morgan fingerprint density at radius 2 is 0.371 bits per heavy atom. The quantitative estimate of drug-likeness (QED) is 0.187. The number of carbonyl (C=O) groups excluding carboxylic acids is 4. The molecular formula is C8F12O12Ti3. The minimum absolute atomic E-state index is 0. The Hall–Kier alpha value is -0.977. The molecule has 0 aromatic heterocycles. The average molecular weight is 660 g/mol. The maximum absolute atomic E-state index is 10.5. The van der Waals surface area contributed by atoms with Crippen molar-refractivity contribution in [1.29, 1.82) is 0 Å². The van der Waals surface area contributed by atoms with Gasteiger partial charge in [0.05, 0.1) is 0 Å². The van der Waals surface area contributed by atoms with Crippen LogP contribution in [0.25, 0.3) is 0 Å². The number of aliphatic carboxylic acids is 4. The molecule has 0 aliphatic heterocycles. The fourth-order valence-electron chi connectivity index (χ4n) is 0. The van der Waals surface area contributed by atoms with Crippen LogP contribution in [-0.2, 0) is 106 Å². The minimum atomic E-state index is -5.19. The summed E-state index contributed by atoms with van der Waals surface area (Å²) in [5, 5.41) is 35.1. The third-order valence-electron chi connectivity index (χ3n) is 0.926.